The van der Waals surface area contributed by atoms with Crippen molar-refractivity contribution in [3.63, 3.8) is 0 Å². The van der Waals surface area contributed by atoms with Gasteiger partial charge in [-0.2, -0.15) is 0 Å². The number of hydrogen-bond acceptors (Lipinski definition) is 6. The number of rotatable bonds is 7. The molecule has 0 aromatic heterocycles. The van der Waals surface area contributed by atoms with Crippen molar-refractivity contribution in [1.82, 2.24) is 20.6 Å². The van der Waals surface area contributed by atoms with Gasteiger partial charge in [-0.15, -0.1) is 0 Å². The minimum absolute atomic E-state index is 0.0557. The van der Waals surface area contributed by atoms with E-state index in [-0.39, 0.29) is 11.8 Å². The fourth-order valence-corrected chi connectivity index (χ4v) is 3.87. The Labute approximate surface area is 160 Å². The third kappa shape index (κ3) is 5.40. The molecule has 154 valence electrons. The van der Waals surface area contributed by atoms with Crippen LogP contribution in [0.25, 0.3) is 0 Å². The van der Waals surface area contributed by atoms with E-state index in [1.165, 1.54) is 10.4 Å². The van der Waals surface area contributed by atoms with Crippen LogP contribution in [0.3, 0.4) is 0 Å². The molecule has 2 heterocycles. The standard InChI is InChI=1S/C18H32N4O5/c1-2-3-6-13(15(23)16(24)20-27)17(25)22-11-4-7-14(22)18(26)21-10-5-8-19-9-12-21/h13-15,19,23,27H,2-12H2,1H3,(H,20,24). The van der Waals surface area contributed by atoms with Crippen molar-refractivity contribution in [3.05, 3.63) is 0 Å². The molecular formula is C18H32N4O5. The molecule has 0 radical (unpaired) electrons. The number of nitrogens with one attached hydrogen (secondary N) is 2. The molecule has 0 aromatic rings. The van der Waals surface area contributed by atoms with Gasteiger partial charge >= 0.3 is 0 Å². The van der Waals surface area contributed by atoms with E-state index in [1.54, 1.807) is 4.90 Å². The fraction of sp³-hybridized carbons (Fsp3) is 0.833. The van der Waals surface area contributed by atoms with Gasteiger partial charge in [0.05, 0.1) is 5.92 Å². The third-order valence-corrected chi connectivity index (χ3v) is 5.42. The van der Waals surface area contributed by atoms with Gasteiger partial charge in [-0.1, -0.05) is 19.8 Å². The van der Waals surface area contributed by atoms with Crippen molar-refractivity contribution in [1.29, 1.82) is 0 Å². The molecule has 9 heteroatoms. The molecule has 4 N–H and O–H groups in total. The Hall–Kier alpha value is -1.71. The second-order valence-electron chi connectivity index (χ2n) is 7.29. The number of carbonyl (C=O) groups excluding carboxylic acids is 3. The summed E-state index contributed by atoms with van der Waals surface area (Å²) in [6, 6.07) is -0.538. The van der Waals surface area contributed by atoms with Crippen LogP contribution in [-0.2, 0) is 14.4 Å². The van der Waals surface area contributed by atoms with Crippen LogP contribution in [0, 0.1) is 5.92 Å². The van der Waals surface area contributed by atoms with Crippen molar-refractivity contribution >= 4 is 17.7 Å². The van der Waals surface area contributed by atoms with Crippen LogP contribution in [0.15, 0.2) is 0 Å². The van der Waals surface area contributed by atoms with E-state index in [2.05, 4.69) is 5.32 Å². The van der Waals surface area contributed by atoms with Crippen LogP contribution in [-0.4, -0.2) is 82.7 Å². The zero-order valence-corrected chi connectivity index (χ0v) is 16.0. The molecule has 0 aromatic carbocycles. The Morgan fingerprint density at radius 3 is 2.67 bits per heavy atom. The highest BCUT2D eigenvalue weighted by Crippen LogP contribution is 2.25. The molecule has 3 amide bonds. The molecule has 2 saturated heterocycles. The van der Waals surface area contributed by atoms with Gasteiger partial charge in [-0.3, -0.25) is 19.6 Å². The predicted octanol–water partition coefficient (Wildman–Crippen LogP) is -0.528. The number of amides is 3. The number of hydroxylamine groups is 1. The highest BCUT2D eigenvalue weighted by molar-refractivity contribution is 5.92. The molecule has 3 atom stereocenters. The summed E-state index contributed by atoms with van der Waals surface area (Å²) >= 11 is 0. The normalized spacial score (nSPS) is 22.9. The summed E-state index contributed by atoms with van der Waals surface area (Å²) in [5, 5.41) is 22.3. The highest BCUT2D eigenvalue weighted by atomic mass is 16.5. The summed E-state index contributed by atoms with van der Waals surface area (Å²) in [5.41, 5.74) is 1.42. The molecule has 9 nitrogen and oxygen atoms in total. The minimum atomic E-state index is -1.63. The number of unbranched alkanes of at least 4 members (excludes halogenated alkanes) is 1. The van der Waals surface area contributed by atoms with Gasteiger partial charge in [0.2, 0.25) is 11.8 Å². The molecule has 2 fully saturated rings. The lowest BCUT2D eigenvalue weighted by Gasteiger charge is -2.32. The maximum absolute atomic E-state index is 13.1. The maximum Gasteiger partial charge on any atom is 0.272 e. The molecular weight excluding hydrogens is 352 g/mol. The van der Waals surface area contributed by atoms with Crippen molar-refractivity contribution in [2.24, 2.45) is 5.92 Å². The zero-order valence-electron chi connectivity index (χ0n) is 16.0. The first-order valence-electron chi connectivity index (χ1n) is 9.93. The van der Waals surface area contributed by atoms with Crippen LogP contribution in [0.4, 0.5) is 0 Å². The number of aliphatic hydroxyl groups excluding tert-OH is 1. The molecule has 0 bridgehead atoms. The second kappa shape index (κ2) is 10.6. The highest BCUT2D eigenvalue weighted by Gasteiger charge is 2.42. The Morgan fingerprint density at radius 2 is 1.96 bits per heavy atom. The maximum atomic E-state index is 13.1. The Kier molecular flexibility index (Phi) is 8.46. The molecule has 3 unspecified atom stereocenters. The summed E-state index contributed by atoms with van der Waals surface area (Å²) in [6.07, 6.45) is 2.36. The smallest absolute Gasteiger partial charge is 0.272 e. The van der Waals surface area contributed by atoms with E-state index in [9.17, 15) is 19.5 Å². The minimum Gasteiger partial charge on any atom is -0.382 e. The number of hydrogen-bond donors (Lipinski definition) is 4. The van der Waals surface area contributed by atoms with Crippen LogP contribution >= 0.6 is 0 Å². The average Bonchev–Trinajstić information content (AvgIpc) is 3.01. The van der Waals surface area contributed by atoms with Crippen molar-refractivity contribution in [2.75, 3.05) is 32.7 Å². The first kappa shape index (κ1) is 21.6. The van der Waals surface area contributed by atoms with Gasteiger partial charge in [0.15, 0.2) is 0 Å². The van der Waals surface area contributed by atoms with Crippen molar-refractivity contribution in [2.45, 2.75) is 57.6 Å². The third-order valence-electron chi connectivity index (χ3n) is 5.42. The molecule has 2 aliphatic heterocycles. The Bertz CT molecular complexity index is 522. The molecule has 0 aliphatic carbocycles. The van der Waals surface area contributed by atoms with Crippen molar-refractivity contribution in [3.8, 4) is 0 Å². The summed E-state index contributed by atoms with van der Waals surface area (Å²) in [6.45, 7) is 5.29. The number of nitrogens with zero attached hydrogens (tertiary/aromatic N) is 2. The van der Waals surface area contributed by atoms with E-state index < -0.39 is 24.0 Å². The van der Waals surface area contributed by atoms with Gasteiger partial charge in [0, 0.05) is 26.2 Å². The summed E-state index contributed by atoms with van der Waals surface area (Å²) in [4.78, 5) is 41.1. The lowest BCUT2D eigenvalue weighted by molar-refractivity contribution is -0.154. The predicted molar refractivity (Wildman–Crippen MR) is 97.8 cm³/mol. The summed E-state index contributed by atoms with van der Waals surface area (Å²) < 4.78 is 0. The molecule has 0 spiro atoms. The van der Waals surface area contributed by atoms with E-state index >= 15 is 0 Å². The number of aliphatic hydroxyl groups is 1. The number of carbonyl (C=O) groups is 3. The first-order valence-corrected chi connectivity index (χ1v) is 9.93. The van der Waals surface area contributed by atoms with E-state index in [1.807, 2.05) is 6.92 Å². The zero-order chi connectivity index (χ0) is 19.8. The summed E-state index contributed by atoms with van der Waals surface area (Å²) in [5.74, 6) is -2.40. The van der Waals surface area contributed by atoms with Crippen LogP contribution < -0.4 is 10.8 Å². The number of likely N-dealkylation sites (tertiary alicyclic amines) is 1. The van der Waals surface area contributed by atoms with Gasteiger partial charge in [0.1, 0.15) is 12.1 Å². The SMILES string of the molecule is CCCCC(C(=O)N1CCCC1C(=O)N1CCCNCC1)C(O)C(=O)NO. The second-order valence-corrected chi connectivity index (χ2v) is 7.29. The first-order chi connectivity index (χ1) is 13.0. The lowest BCUT2D eigenvalue weighted by atomic mass is 9.93. The van der Waals surface area contributed by atoms with E-state index in [4.69, 9.17) is 5.21 Å². The lowest BCUT2D eigenvalue weighted by Crippen LogP contribution is -2.52. The van der Waals surface area contributed by atoms with Crippen LogP contribution in [0.1, 0.15) is 45.4 Å². The van der Waals surface area contributed by atoms with E-state index in [0.29, 0.717) is 38.9 Å². The molecule has 27 heavy (non-hydrogen) atoms. The van der Waals surface area contributed by atoms with Gasteiger partial charge in [-0.05, 0) is 32.2 Å². The largest absolute Gasteiger partial charge is 0.382 e. The van der Waals surface area contributed by atoms with Crippen LogP contribution in [0.5, 0.6) is 0 Å². The van der Waals surface area contributed by atoms with Gasteiger partial charge in [-0.25, -0.2) is 5.48 Å². The topological polar surface area (TPSA) is 122 Å². The molecule has 2 aliphatic rings. The van der Waals surface area contributed by atoms with E-state index in [0.717, 1.165) is 32.4 Å². The molecule has 0 saturated carbocycles. The Balaban J connectivity index is 2.12. The van der Waals surface area contributed by atoms with Gasteiger partial charge < -0.3 is 20.2 Å². The van der Waals surface area contributed by atoms with Crippen LogP contribution in [0.2, 0.25) is 0 Å². The Morgan fingerprint density at radius 1 is 1.19 bits per heavy atom. The average molecular weight is 384 g/mol. The van der Waals surface area contributed by atoms with Crippen molar-refractivity contribution < 1.29 is 24.7 Å². The van der Waals surface area contributed by atoms with Gasteiger partial charge in [0.25, 0.3) is 5.91 Å². The monoisotopic (exact) mass is 384 g/mol. The fourth-order valence-electron chi connectivity index (χ4n) is 3.87. The quantitative estimate of drug-likeness (QED) is 0.346. The summed E-state index contributed by atoms with van der Waals surface area (Å²) in [7, 11) is 0. The molecule has 2 rings (SSSR count).